The predicted octanol–water partition coefficient (Wildman–Crippen LogP) is 2.60. The minimum atomic E-state index is 0.479. The second-order valence-corrected chi connectivity index (χ2v) is 3.50. The average molecular weight is 205 g/mol. The highest BCUT2D eigenvalue weighted by Crippen LogP contribution is 2.07. The summed E-state index contributed by atoms with van der Waals surface area (Å²) in [6.45, 7) is 5.00. The zero-order valence-corrected chi connectivity index (χ0v) is 9.55. The summed E-state index contributed by atoms with van der Waals surface area (Å²) in [6.07, 6.45) is 4.71. The molecule has 0 radical (unpaired) electrons. The maximum atomic E-state index is 5.30. The molecule has 1 rings (SSSR count). The van der Waals surface area contributed by atoms with E-state index >= 15 is 0 Å². The van der Waals surface area contributed by atoms with Crippen LogP contribution >= 0.6 is 0 Å². The molecule has 1 aromatic rings. The van der Waals surface area contributed by atoms with E-state index in [-0.39, 0.29) is 0 Å². The van der Waals surface area contributed by atoms with Crippen molar-refractivity contribution in [3.63, 3.8) is 0 Å². The summed E-state index contributed by atoms with van der Waals surface area (Å²) in [5.41, 5.74) is 0. The van der Waals surface area contributed by atoms with Crippen LogP contribution in [0.1, 0.15) is 32.4 Å². The van der Waals surface area contributed by atoms with Gasteiger partial charge in [0.05, 0.1) is 6.26 Å². The molecule has 82 valence electrons. The molecule has 1 aromatic heterocycles. The predicted molar refractivity (Wildman–Crippen MR) is 62.6 cm³/mol. The van der Waals surface area contributed by atoms with Gasteiger partial charge in [-0.15, -0.1) is 11.8 Å². The van der Waals surface area contributed by atoms with Crippen LogP contribution in [0.25, 0.3) is 0 Å². The third-order valence-corrected chi connectivity index (χ3v) is 2.34. The molecule has 0 aliphatic carbocycles. The highest BCUT2D eigenvalue weighted by molar-refractivity contribution is 5.01. The molecule has 1 unspecified atom stereocenters. The van der Waals surface area contributed by atoms with Crippen molar-refractivity contribution in [1.29, 1.82) is 0 Å². The maximum Gasteiger partial charge on any atom is 0.103 e. The van der Waals surface area contributed by atoms with Crippen LogP contribution in [-0.2, 0) is 6.42 Å². The van der Waals surface area contributed by atoms with Crippen molar-refractivity contribution in [1.82, 2.24) is 5.32 Å². The van der Waals surface area contributed by atoms with Gasteiger partial charge in [-0.2, -0.15) is 0 Å². The number of furan rings is 1. The van der Waals surface area contributed by atoms with Gasteiger partial charge in [-0.1, -0.05) is 6.92 Å². The Morgan fingerprint density at radius 2 is 2.40 bits per heavy atom. The fourth-order valence-corrected chi connectivity index (χ4v) is 1.56. The molecular weight excluding hydrogens is 186 g/mol. The van der Waals surface area contributed by atoms with Gasteiger partial charge in [0.25, 0.3) is 0 Å². The minimum absolute atomic E-state index is 0.479. The molecule has 0 aliphatic heterocycles. The SMILES string of the molecule is CC#CCC(CCc1ccco1)NCC. The van der Waals surface area contributed by atoms with Gasteiger partial charge in [0.1, 0.15) is 5.76 Å². The monoisotopic (exact) mass is 205 g/mol. The Bertz CT molecular complexity index is 305. The van der Waals surface area contributed by atoms with E-state index in [1.807, 2.05) is 19.1 Å². The van der Waals surface area contributed by atoms with Crippen LogP contribution in [0.5, 0.6) is 0 Å². The summed E-state index contributed by atoms with van der Waals surface area (Å²) in [6, 6.07) is 4.44. The van der Waals surface area contributed by atoms with Gasteiger partial charge >= 0.3 is 0 Å². The normalized spacial score (nSPS) is 11.9. The molecule has 0 fully saturated rings. The van der Waals surface area contributed by atoms with Gasteiger partial charge in [0.2, 0.25) is 0 Å². The molecule has 0 amide bonds. The molecule has 0 saturated heterocycles. The van der Waals surface area contributed by atoms with E-state index in [0.717, 1.165) is 31.6 Å². The van der Waals surface area contributed by atoms with Crippen LogP contribution in [0.2, 0.25) is 0 Å². The highest BCUT2D eigenvalue weighted by Gasteiger charge is 2.06. The lowest BCUT2D eigenvalue weighted by Gasteiger charge is -2.13. The molecule has 0 aromatic carbocycles. The largest absolute Gasteiger partial charge is 0.469 e. The molecule has 1 atom stereocenters. The molecule has 0 bridgehead atoms. The molecule has 15 heavy (non-hydrogen) atoms. The summed E-state index contributed by atoms with van der Waals surface area (Å²) in [5, 5.41) is 3.44. The first kappa shape index (κ1) is 11.9. The lowest BCUT2D eigenvalue weighted by molar-refractivity contribution is 0.454. The van der Waals surface area contributed by atoms with Crippen molar-refractivity contribution in [2.75, 3.05) is 6.54 Å². The Balaban J connectivity index is 2.32. The number of nitrogens with one attached hydrogen (secondary N) is 1. The van der Waals surface area contributed by atoms with Gasteiger partial charge in [-0.3, -0.25) is 0 Å². The average Bonchev–Trinajstić information content (AvgIpc) is 2.75. The van der Waals surface area contributed by atoms with E-state index in [4.69, 9.17) is 4.42 Å². The van der Waals surface area contributed by atoms with Crippen molar-refractivity contribution < 1.29 is 4.42 Å². The first-order valence-corrected chi connectivity index (χ1v) is 5.52. The second-order valence-electron chi connectivity index (χ2n) is 3.50. The Hall–Kier alpha value is -1.20. The topological polar surface area (TPSA) is 25.2 Å². The standard InChI is InChI=1S/C13H19NO/c1-3-5-7-12(14-4-2)9-10-13-8-6-11-15-13/h6,8,11-12,14H,4,7,9-10H2,1-2H3. The number of hydrogen-bond donors (Lipinski definition) is 1. The maximum absolute atomic E-state index is 5.30. The molecule has 0 spiro atoms. The van der Waals surface area contributed by atoms with Crippen LogP contribution in [-0.4, -0.2) is 12.6 Å². The van der Waals surface area contributed by atoms with E-state index in [0.29, 0.717) is 6.04 Å². The third kappa shape index (κ3) is 4.71. The zero-order valence-electron chi connectivity index (χ0n) is 9.55. The van der Waals surface area contributed by atoms with Crippen LogP contribution in [0.3, 0.4) is 0 Å². The van der Waals surface area contributed by atoms with Gasteiger partial charge in [0.15, 0.2) is 0 Å². The van der Waals surface area contributed by atoms with E-state index in [9.17, 15) is 0 Å². The fraction of sp³-hybridized carbons (Fsp3) is 0.538. The van der Waals surface area contributed by atoms with Gasteiger partial charge < -0.3 is 9.73 Å². The van der Waals surface area contributed by atoms with E-state index < -0.39 is 0 Å². The Labute approximate surface area is 92.1 Å². The molecule has 0 aliphatic rings. The second kappa shape index (κ2) is 7.14. The summed E-state index contributed by atoms with van der Waals surface area (Å²) < 4.78 is 5.30. The number of rotatable bonds is 6. The zero-order chi connectivity index (χ0) is 10.9. The number of hydrogen-bond acceptors (Lipinski definition) is 2. The van der Waals surface area contributed by atoms with Gasteiger partial charge in [-0.25, -0.2) is 0 Å². The van der Waals surface area contributed by atoms with Gasteiger partial charge in [-0.05, 0) is 32.0 Å². The first-order valence-electron chi connectivity index (χ1n) is 5.52. The molecule has 1 N–H and O–H groups in total. The lowest BCUT2D eigenvalue weighted by Crippen LogP contribution is -2.28. The van der Waals surface area contributed by atoms with E-state index in [1.54, 1.807) is 6.26 Å². The van der Waals surface area contributed by atoms with Crippen molar-refractivity contribution in [2.45, 2.75) is 39.2 Å². The Morgan fingerprint density at radius 1 is 1.53 bits per heavy atom. The summed E-state index contributed by atoms with van der Waals surface area (Å²) in [7, 11) is 0. The third-order valence-electron chi connectivity index (χ3n) is 2.34. The summed E-state index contributed by atoms with van der Waals surface area (Å²) >= 11 is 0. The Morgan fingerprint density at radius 3 is 3.00 bits per heavy atom. The van der Waals surface area contributed by atoms with E-state index in [2.05, 4.69) is 24.1 Å². The molecule has 1 heterocycles. The summed E-state index contributed by atoms with van der Waals surface area (Å²) in [4.78, 5) is 0. The van der Waals surface area contributed by atoms with Crippen molar-refractivity contribution >= 4 is 0 Å². The lowest BCUT2D eigenvalue weighted by atomic mass is 10.1. The van der Waals surface area contributed by atoms with Crippen LogP contribution < -0.4 is 5.32 Å². The van der Waals surface area contributed by atoms with Crippen molar-refractivity contribution in [2.24, 2.45) is 0 Å². The number of aryl methyl sites for hydroxylation is 1. The first-order chi connectivity index (χ1) is 7.36. The summed E-state index contributed by atoms with van der Waals surface area (Å²) in [5.74, 6) is 7.11. The molecular formula is C13H19NO. The highest BCUT2D eigenvalue weighted by atomic mass is 16.3. The van der Waals surface area contributed by atoms with Crippen LogP contribution in [0, 0.1) is 11.8 Å². The van der Waals surface area contributed by atoms with E-state index in [1.165, 1.54) is 0 Å². The minimum Gasteiger partial charge on any atom is -0.469 e. The van der Waals surface area contributed by atoms with Gasteiger partial charge in [0, 0.05) is 18.9 Å². The van der Waals surface area contributed by atoms with Crippen molar-refractivity contribution in [3.05, 3.63) is 24.2 Å². The molecule has 2 heteroatoms. The Kier molecular flexibility index (Phi) is 5.65. The molecule has 0 saturated carbocycles. The quantitative estimate of drug-likeness (QED) is 0.722. The van der Waals surface area contributed by atoms with Crippen LogP contribution in [0.15, 0.2) is 22.8 Å². The molecule has 2 nitrogen and oxygen atoms in total. The van der Waals surface area contributed by atoms with Crippen LogP contribution in [0.4, 0.5) is 0 Å². The van der Waals surface area contributed by atoms with Crippen molar-refractivity contribution in [3.8, 4) is 11.8 Å². The smallest absolute Gasteiger partial charge is 0.103 e. The fourth-order valence-electron chi connectivity index (χ4n) is 1.56.